The van der Waals surface area contributed by atoms with E-state index in [1.807, 2.05) is 29.8 Å². The van der Waals surface area contributed by atoms with Crippen LogP contribution in [-0.4, -0.2) is 26.0 Å². The molecule has 0 aliphatic rings. The molecule has 0 fully saturated rings. The fourth-order valence-corrected chi connectivity index (χ4v) is 2.33. The molecule has 0 saturated heterocycles. The summed E-state index contributed by atoms with van der Waals surface area (Å²) in [5.74, 6) is 0.706. The van der Waals surface area contributed by atoms with Gasteiger partial charge in [-0.3, -0.25) is 9.78 Å². The fraction of sp³-hybridized carbons (Fsp3) is 0.0667. The minimum Gasteiger partial charge on any atom is -0.317 e. The van der Waals surface area contributed by atoms with Crippen LogP contribution in [0, 0.1) is 0 Å². The molecule has 2 heterocycles. The van der Waals surface area contributed by atoms with Gasteiger partial charge in [-0.2, -0.15) is 0 Å². The summed E-state index contributed by atoms with van der Waals surface area (Å²) < 4.78 is 1.82. The Labute approximate surface area is 126 Å². The van der Waals surface area contributed by atoms with Crippen LogP contribution in [0.3, 0.4) is 0 Å². The van der Waals surface area contributed by atoms with Gasteiger partial charge in [0.1, 0.15) is 12.0 Å². The Hall–Kier alpha value is -2.53. The summed E-state index contributed by atoms with van der Waals surface area (Å²) in [6.45, 7) is 0. The van der Waals surface area contributed by atoms with Crippen molar-refractivity contribution in [2.75, 3.05) is 0 Å². The van der Waals surface area contributed by atoms with Crippen molar-refractivity contribution in [3.05, 3.63) is 53.6 Å². The van der Waals surface area contributed by atoms with Crippen molar-refractivity contribution < 1.29 is 4.79 Å². The summed E-state index contributed by atoms with van der Waals surface area (Å²) >= 11 is 6.11. The number of aldehydes is 1. The molecule has 0 N–H and O–H groups in total. The zero-order valence-electron chi connectivity index (χ0n) is 11.2. The predicted molar refractivity (Wildman–Crippen MR) is 80.1 cm³/mol. The van der Waals surface area contributed by atoms with Crippen molar-refractivity contribution in [2.24, 2.45) is 7.05 Å². The summed E-state index contributed by atoms with van der Waals surface area (Å²) in [4.78, 5) is 14.9. The minimum atomic E-state index is 0.381. The number of benzene rings is 1. The molecule has 104 valence electrons. The van der Waals surface area contributed by atoms with Gasteiger partial charge in [-0.15, -0.1) is 10.2 Å². The van der Waals surface area contributed by atoms with E-state index in [2.05, 4.69) is 15.2 Å². The van der Waals surface area contributed by atoms with Gasteiger partial charge in [0.05, 0.1) is 0 Å². The number of aromatic nitrogens is 4. The number of nitrogens with zero attached hydrogens (tertiary/aromatic N) is 4. The molecule has 0 saturated carbocycles. The second-order valence-corrected chi connectivity index (χ2v) is 4.98. The van der Waals surface area contributed by atoms with E-state index in [-0.39, 0.29) is 0 Å². The smallest absolute Gasteiger partial charge is 0.168 e. The Bertz CT molecular complexity index is 813. The van der Waals surface area contributed by atoms with Crippen LogP contribution in [0.1, 0.15) is 10.5 Å². The van der Waals surface area contributed by atoms with Gasteiger partial charge in [0.25, 0.3) is 0 Å². The third-order valence-electron chi connectivity index (χ3n) is 3.15. The van der Waals surface area contributed by atoms with Crippen LogP contribution in [0.15, 0.2) is 42.9 Å². The first-order valence-corrected chi connectivity index (χ1v) is 6.62. The lowest BCUT2D eigenvalue weighted by Gasteiger charge is -2.10. The number of carbonyl (C=O) groups is 1. The lowest BCUT2D eigenvalue weighted by molar-refractivity contribution is 0.111. The number of carbonyl (C=O) groups excluding carboxylic acids is 1. The Morgan fingerprint density at radius 1 is 1.19 bits per heavy atom. The van der Waals surface area contributed by atoms with E-state index in [1.165, 1.54) is 0 Å². The van der Waals surface area contributed by atoms with Crippen molar-refractivity contribution in [1.29, 1.82) is 0 Å². The summed E-state index contributed by atoms with van der Waals surface area (Å²) in [5, 5.41) is 8.64. The van der Waals surface area contributed by atoms with Gasteiger partial charge in [-0.25, -0.2) is 0 Å². The van der Waals surface area contributed by atoms with Gasteiger partial charge in [0.15, 0.2) is 12.1 Å². The number of hydrogen-bond acceptors (Lipinski definition) is 4. The number of aryl methyl sites for hydroxylation is 1. The molecule has 3 rings (SSSR count). The lowest BCUT2D eigenvalue weighted by Crippen LogP contribution is -1.95. The van der Waals surface area contributed by atoms with Crippen molar-refractivity contribution in [2.45, 2.75) is 0 Å². The van der Waals surface area contributed by atoms with Crippen LogP contribution in [-0.2, 0) is 7.05 Å². The SMILES string of the molecule is Cn1cnnc1-c1cc(Cl)ccc1-c1ccnc(C=O)c1. The first-order valence-electron chi connectivity index (χ1n) is 6.24. The van der Waals surface area contributed by atoms with E-state index in [0.717, 1.165) is 23.0 Å². The molecule has 0 amide bonds. The van der Waals surface area contributed by atoms with Gasteiger partial charge < -0.3 is 4.57 Å². The van der Waals surface area contributed by atoms with E-state index in [1.54, 1.807) is 24.7 Å². The second-order valence-electron chi connectivity index (χ2n) is 4.54. The van der Waals surface area contributed by atoms with Gasteiger partial charge in [0, 0.05) is 23.8 Å². The molecule has 5 nitrogen and oxygen atoms in total. The zero-order valence-corrected chi connectivity index (χ0v) is 11.9. The van der Waals surface area contributed by atoms with Gasteiger partial charge in [-0.05, 0) is 35.4 Å². The Morgan fingerprint density at radius 3 is 2.76 bits per heavy atom. The third kappa shape index (κ3) is 2.55. The average molecular weight is 299 g/mol. The average Bonchev–Trinajstić information content (AvgIpc) is 2.93. The topological polar surface area (TPSA) is 60.7 Å². The molecule has 0 bridgehead atoms. The molecule has 6 heteroatoms. The first-order chi connectivity index (χ1) is 10.2. The molecule has 0 radical (unpaired) electrons. The first kappa shape index (κ1) is 13.5. The normalized spacial score (nSPS) is 10.6. The largest absolute Gasteiger partial charge is 0.317 e. The van der Waals surface area contributed by atoms with Crippen LogP contribution >= 0.6 is 11.6 Å². The van der Waals surface area contributed by atoms with E-state index in [4.69, 9.17) is 11.6 Å². The van der Waals surface area contributed by atoms with E-state index in [0.29, 0.717) is 16.5 Å². The summed E-state index contributed by atoms with van der Waals surface area (Å²) in [6, 6.07) is 9.11. The number of rotatable bonds is 3. The van der Waals surface area contributed by atoms with E-state index < -0.39 is 0 Å². The standard InChI is InChI=1S/C15H11ClN4O/c1-20-9-18-19-15(20)14-7-11(16)2-3-13(14)10-4-5-17-12(6-10)8-21/h2-9H,1H3. The van der Waals surface area contributed by atoms with Gasteiger partial charge in [-0.1, -0.05) is 17.7 Å². The number of halogens is 1. The highest BCUT2D eigenvalue weighted by Crippen LogP contribution is 2.32. The molecular formula is C15H11ClN4O. The summed E-state index contributed by atoms with van der Waals surface area (Å²) in [5.41, 5.74) is 3.03. The highest BCUT2D eigenvalue weighted by atomic mass is 35.5. The maximum absolute atomic E-state index is 10.9. The van der Waals surface area contributed by atoms with Crippen molar-refractivity contribution in [1.82, 2.24) is 19.7 Å². The molecule has 0 unspecified atom stereocenters. The van der Waals surface area contributed by atoms with Crippen molar-refractivity contribution >= 4 is 17.9 Å². The fourth-order valence-electron chi connectivity index (χ4n) is 2.16. The summed E-state index contributed by atoms with van der Waals surface area (Å²) in [6.07, 6.45) is 3.96. The Balaban J connectivity index is 2.23. The van der Waals surface area contributed by atoms with Crippen LogP contribution in [0.4, 0.5) is 0 Å². The van der Waals surface area contributed by atoms with Crippen LogP contribution in [0.25, 0.3) is 22.5 Å². The zero-order chi connectivity index (χ0) is 14.8. The quantitative estimate of drug-likeness (QED) is 0.697. The minimum absolute atomic E-state index is 0.381. The maximum Gasteiger partial charge on any atom is 0.168 e. The van der Waals surface area contributed by atoms with E-state index in [9.17, 15) is 4.79 Å². The predicted octanol–water partition coefficient (Wildman–Crippen LogP) is 3.01. The number of pyridine rings is 1. The lowest BCUT2D eigenvalue weighted by atomic mass is 9.99. The molecule has 0 aliphatic carbocycles. The van der Waals surface area contributed by atoms with E-state index >= 15 is 0 Å². The van der Waals surface area contributed by atoms with Crippen LogP contribution < -0.4 is 0 Å². The molecule has 0 atom stereocenters. The molecule has 0 aliphatic heterocycles. The molecule has 21 heavy (non-hydrogen) atoms. The number of hydrogen-bond donors (Lipinski definition) is 0. The highest BCUT2D eigenvalue weighted by molar-refractivity contribution is 6.31. The monoisotopic (exact) mass is 298 g/mol. The molecular weight excluding hydrogens is 288 g/mol. The van der Waals surface area contributed by atoms with Crippen LogP contribution in [0.5, 0.6) is 0 Å². The second kappa shape index (κ2) is 5.46. The third-order valence-corrected chi connectivity index (χ3v) is 3.38. The molecule has 0 spiro atoms. The van der Waals surface area contributed by atoms with Gasteiger partial charge in [0.2, 0.25) is 0 Å². The van der Waals surface area contributed by atoms with Crippen molar-refractivity contribution in [3.63, 3.8) is 0 Å². The highest BCUT2D eigenvalue weighted by Gasteiger charge is 2.13. The molecule has 3 aromatic rings. The molecule has 1 aromatic carbocycles. The Kier molecular flexibility index (Phi) is 3.50. The van der Waals surface area contributed by atoms with Crippen molar-refractivity contribution in [3.8, 4) is 22.5 Å². The summed E-state index contributed by atoms with van der Waals surface area (Å²) in [7, 11) is 1.86. The molecule has 2 aromatic heterocycles. The Morgan fingerprint density at radius 2 is 2.05 bits per heavy atom. The van der Waals surface area contributed by atoms with Crippen LogP contribution in [0.2, 0.25) is 5.02 Å². The van der Waals surface area contributed by atoms with Gasteiger partial charge >= 0.3 is 0 Å². The maximum atomic E-state index is 10.9.